The van der Waals surface area contributed by atoms with Crippen molar-refractivity contribution in [2.24, 2.45) is 0 Å². The lowest BCUT2D eigenvalue weighted by atomic mass is 10.1. The van der Waals surface area contributed by atoms with Gasteiger partial charge in [-0.15, -0.1) is 0 Å². The Labute approximate surface area is 60.6 Å². The first-order chi connectivity index (χ1) is 4.75. The molecule has 56 valence electrons. The molecular weight excluding hydrogens is 128 g/mol. The Morgan fingerprint density at radius 2 is 2.60 bits per heavy atom. The molecule has 0 aromatic carbocycles. The van der Waals surface area contributed by atoms with E-state index in [0.717, 1.165) is 12.8 Å². The van der Waals surface area contributed by atoms with Crippen molar-refractivity contribution in [2.45, 2.75) is 32.3 Å². The van der Waals surface area contributed by atoms with Crippen LogP contribution >= 0.6 is 0 Å². The fourth-order valence-corrected chi connectivity index (χ4v) is 1.19. The molecule has 0 aromatic rings. The zero-order valence-electron chi connectivity index (χ0n) is 6.13. The van der Waals surface area contributed by atoms with Crippen LogP contribution in [0.4, 0.5) is 0 Å². The van der Waals surface area contributed by atoms with Crippen molar-refractivity contribution in [1.29, 1.82) is 0 Å². The summed E-state index contributed by atoms with van der Waals surface area (Å²) >= 11 is 0. The third-order valence-corrected chi connectivity index (χ3v) is 1.81. The molecule has 2 nitrogen and oxygen atoms in total. The highest BCUT2D eigenvalue weighted by atomic mass is 16.3. The molecule has 0 heterocycles. The van der Waals surface area contributed by atoms with Gasteiger partial charge in [0.15, 0.2) is 5.78 Å². The van der Waals surface area contributed by atoms with E-state index in [-0.39, 0.29) is 5.78 Å². The fourth-order valence-electron chi connectivity index (χ4n) is 1.19. The first-order valence-electron chi connectivity index (χ1n) is 3.67. The van der Waals surface area contributed by atoms with Crippen LogP contribution in [0.2, 0.25) is 0 Å². The Bertz CT molecular complexity index is 170. The molecule has 1 aliphatic carbocycles. The average molecular weight is 140 g/mol. The standard InChI is InChI=1S/C8H12O2/c1-2-7(9)6-4-3-5-8(6)10/h4,8,10H,2-3,5H2,1H3. The Morgan fingerprint density at radius 1 is 1.90 bits per heavy atom. The van der Waals surface area contributed by atoms with Gasteiger partial charge >= 0.3 is 0 Å². The number of carbonyl (C=O) groups is 1. The third-order valence-electron chi connectivity index (χ3n) is 1.81. The van der Waals surface area contributed by atoms with E-state index in [1.54, 1.807) is 0 Å². The maximum absolute atomic E-state index is 11.0. The largest absolute Gasteiger partial charge is 0.388 e. The SMILES string of the molecule is CCC(=O)C1=CCCC1O. The van der Waals surface area contributed by atoms with Crippen molar-refractivity contribution in [3.05, 3.63) is 11.6 Å². The van der Waals surface area contributed by atoms with Crippen LogP contribution in [0, 0.1) is 0 Å². The molecule has 1 atom stereocenters. The number of Topliss-reactive ketones (excluding diaryl/α,β-unsaturated/α-hetero) is 1. The van der Waals surface area contributed by atoms with Gasteiger partial charge in [-0.3, -0.25) is 4.79 Å². The van der Waals surface area contributed by atoms with Crippen LogP contribution in [0.5, 0.6) is 0 Å². The van der Waals surface area contributed by atoms with Crippen molar-refractivity contribution >= 4 is 5.78 Å². The van der Waals surface area contributed by atoms with Crippen molar-refractivity contribution in [1.82, 2.24) is 0 Å². The van der Waals surface area contributed by atoms with E-state index in [1.807, 2.05) is 13.0 Å². The molecule has 0 radical (unpaired) electrons. The maximum atomic E-state index is 11.0. The van der Waals surface area contributed by atoms with Gasteiger partial charge in [0.2, 0.25) is 0 Å². The van der Waals surface area contributed by atoms with Gasteiger partial charge < -0.3 is 5.11 Å². The topological polar surface area (TPSA) is 37.3 Å². The van der Waals surface area contributed by atoms with Crippen LogP contribution in [0.25, 0.3) is 0 Å². The van der Waals surface area contributed by atoms with E-state index in [2.05, 4.69) is 0 Å². The molecule has 0 saturated heterocycles. The molecule has 0 aromatic heterocycles. The normalized spacial score (nSPS) is 24.6. The molecule has 2 heteroatoms. The molecule has 0 bridgehead atoms. The van der Waals surface area contributed by atoms with Gasteiger partial charge in [-0.05, 0) is 12.8 Å². The highest BCUT2D eigenvalue weighted by Crippen LogP contribution is 2.19. The number of ketones is 1. The van der Waals surface area contributed by atoms with Crippen molar-refractivity contribution < 1.29 is 9.90 Å². The second-order valence-electron chi connectivity index (χ2n) is 2.53. The van der Waals surface area contributed by atoms with E-state index in [9.17, 15) is 9.90 Å². The first-order valence-corrected chi connectivity index (χ1v) is 3.67. The molecule has 1 rings (SSSR count). The van der Waals surface area contributed by atoms with Gasteiger partial charge in [-0.1, -0.05) is 13.0 Å². The van der Waals surface area contributed by atoms with E-state index < -0.39 is 6.10 Å². The summed E-state index contributed by atoms with van der Waals surface area (Å²) in [7, 11) is 0. The zero-order valence-corrected chi connectivity index (χ0v) is 6.13. The number of rotatable bonds is 2. The predicted octanol–water partition coefficient (Wildman–Crippen LogP) is 1.05. The summed E-state index contributed by atoms with van der Waals surface area (Å²) in [6, 6.07) is 0. The minimum absolute atomic E-state index is 0.0880. The Balaban J connectivity index is 2.63. The van der Waals surface area contributed by atoms with Gasteiger partial charge in [-0.2, -0.15) is 0 Å². The second-order valence-corrected chi connectivity index (χ2v) is 2.53. The number of hydrogen-bond donors (Lipinski definition) is 1. The van der Waals surface area contributed by atoms with E-state index in [0.29, 0.717) is 12.0 Å². The first kappa shape index (κ1) is 7.48. The molecular formula is C8H12O2. The molecule has 1 unspecified atom stereocenters. The van der Waals surface area contributed by atoms with E-state index in [1.165, 1.54) is 0 Å². The Kier molecular flexibility index (Phi) is 2.22. The van der Waals surface area contributed by atoms with Gasteiger partial charge in [-0.25, -0.2) is 0 Å². The van der Waals surface area contributed by atoms with Crippen LogP contribution in [0.3, 0.4) is 0 Å². The molecule has 10 heavy (non-hydrogen) atoms. The van der Waals surface area contributed by atoms with Crippen LogP contribution in [-0.2, 0) is 4.79 Å². The Morgan fingerprint density at radius 3 is 3.00 bits per heavy atom. The van der Waals surface area contributed by atoms with Gasteiger partial charge in [0.25, 0.3) is 0 Å². The number of aliphatic hydroxyl groups is 1. The van der Waals surface area contributed by atoms with Gasteiger partial charge in [0, 0.05) is 12.0 Å². The zero-order chi connectivity index (χ0) is 7.56. The van der Waals surface area contributed by atoms with Crippen LogP contribution in [0.1, 0.15) is 26.2 Å². The highest BCUT2D eigenvalue weighted by molar-refractivity contribution is 5.96. The van der Waals surface area contributed by atoms with Gasteiger partial charge in [0.1, 0.15) is 0 Å². The molecule has 0 aliphatic heterocycles. The molecule has 1 aliphatic rings. The van der Waals surface area contributed by atoms with Crippen LogP contribution < -0.4 is 0 Å². The minimum atomic E-state index is -0.479. The summed E-state index contributed by atoms with van der Waals surface area (Å²) in [4.78, 5) is 11.0. The molecule has 0 saturated carbocycles. The third kappa shape index (κ3) is 1.27. The number of hydrogen-bond acceptors (Lipinski definition) is 2. The van der Waals surface area contributed by atoms with Gasteiger partial charge in [0.05, 0.1) is 6.10 Å². The summed E-state index contributed by atoms with van der Waals surface area (Å²) in [5, 5.41) is 9.20. The predicted molar refractivity (Wildman–Crippen MR) is 38.6 cm³/mol. The minimum Gasteiger partial charge on any atom is -0.388 e. The smallest absolute Gasteiger partial charge is 0.160 e. The van der Waals surface area contributed by atoms with Crippen molar-refractivity contribution in [3.63, 3.8) is 0 Å². The average Bonchev–Trinajstić information content (AvgIpc) is 2.34. The molecule has 0 fully saturated rings. The second kappa shape index (κ2) is 2.97. The maximum Gasteiger partial charge on any atom is 0.160 e. The Hall–Kier alpha value is -0.630. The summed E-state index contributed by atoms with van der Waals surface area (Å²) in [6.07, 6.45) is 3.44. The lowest BCUT2D eigenvalue weighted by molar-refractivity contribution is -0.116. The number of aliphatic hydroxyl groups excluding tert-OH is 1. The molecule has 0 spiro atoms. The number of allylic oxidation sites excluding steroid dienone is 1. The monoisotopic (exact) mass is 140 g/mol. The van der Waals surface area contributed by atoms with Crippen molar-refractivity contribution in [3.8, 4) is 0 Å². The van der Waals surface area contributed by atoms with E-state index >= 15 is 0 Å². The van der Waals surface area contributed by atoms with E-state index in [4.69, 9.17) is 0 Å². The summed E-state index contributed by atoms with van der Waals surface area (Å²) in [6.45, 7) is 1.81. The summed E-state index contributed by atoms with van der Waals surface area (Å²) in [5.74, 6) is 0.0880. The highest BCUT2D eigenvalue weighted by Gasteiger charge is 2.20. The lowest BCUT2D eigenvalue weighted by Gasteiger charge is -2.03. The van der Waals surface area contributed by atoms with Crippen LogP contribution in [0.15, 0.2) is 11.6 Å². The molecule has 0 amide bonds. The van der Waals surface area contributed by atoms with Crippen molar-refractivity contribution in [2.75, 3.05) is 0 Å². The molecule has 1 N–H and O–H groups in total. The number of carbonyl (C=O) groups excluding carboxylic acids is 1. The fraction of sp³-hybridized carbons (Fsp3) is 0.625. The lowest BCUT2D eigenvalue weighted by Crippen LogP contribution is -2.12. The van der Waals surface area contributed by atoms with Crippen LogP contribution in [-0.4, -0.2) is 17.0 Å². The quantitative estimate of drug-likeness (QED) is 0.622. The summed E-state index contributed by atoms with van der Waals surface area (Å²) < 4.78 is 0. The summed E-state index contributed by atoms with van der Waals surface area (Å²) in [5.41, 5.74) is 0.627.